The topological polar surface area (TPSA) is 74.5 Å². The summed E-state index contributed by atoms with van der Waals surface area (Å²) in [7, 11) is 0. The van der Waals surface area contributed by atoms with Gasteiger partial charge in [-0.1, -0.05) is 30.3 Å². The van der Waals surface area contributed by atoms with E-state index in [2.05, 4.69) is 31.2 Å². The maximum absolute atomic E-state index is 13.8. The number of aliphatic hydroxyl groups is 1. The lowest BCUT2D eigenvalue weighted by Crippen LogP contribution is -2.38. The number of nitrogens with zero attached hydrogens (tertiary/aromatic N) is 3. The lowest BCUT2D eigenvalue weighted by atomic mass is 10.1. The lowest BCUT2D eigenvalue weighted by molar-refractivity contribution is 0.182. The molecule has 0 saturated heterocycles. The molecule has 0 radical (unpaired) electrons. The van der Waals surface area contributed by atoms with E-state index in [1.165, 1.54) is 6.07 Å². The number of guanidine groups is 1. The number of para-hydroxylation sites is 2. The largest absolute Gasteiger partial charge is 0.386 e. The fourth-order valence-corrected chi connectivity index (χ4v) is 3.29. The first-order chi connectivity index (χ1) is 14.1. The molecule has 0 bridgehead atoms. The van der Waals surface area contributed by atoms with Crippen LogP contribution in [0.2, 0.25) is 0 Å². The molecule has 154 valence electrons. The minimum Gasteiger partial charge on any atom is -0.386 e. The Morgan fingerprint density at radius 2 is 1.93 bits per heavy atom. The van der Waals surface area contributed by atoms with Gasteiger partial charge in [-0.05, 0) is 38.5 Å². The van der Waals surface area contributed by atoms with Crippen LogP contribution in [0.25, 0.3) is 11.0 Å². The molecule has 0 saturated carbocycles. The number of aliphatic hydroxyl groups excluding tert-OH is 1. The highest BCUT2D eigenvalue weighted by atomic mass is 19.1. The number of aryl methyl sites for hydroxylation is 2. The van der Waals surface area contributed by atoms with Crippen molar-refractivity contribution >= 4 is 17.0 Å². The van der Waals surface area contributed by atoms with E-state index in [0.29, 0.717) is 19.0 Å². The second-order valence-electron chi connectivity index (χ2n) is 6.84. The Hall–Kier alpha value is -2.93. The Morgan fingerprint density at radius 1 is 1.17 bits per heavy atom. The van der Waals surface area contributed by atoms with Gasteiger partial charge in [0.25, 0.3) is 0 Å². The van der Waals surface area contributed by atoms with Crippen LogP contribution < -0.4 is 10.6 Å². The smallest absolute Gasteiger partial charge is 0.191 e. The van der Waals surface area contributed by atoms with Crippen LogP contribution in [0.1, 0.15) is 30.8 Å². The van der Waals surface area contributed by atoms with E-state index in [9.17, 15) is 9.50 Å². The van der Waals surface area contributed by atoms with Crippen LogP contribution in [-0.2, 0) is 6.54 Å². The number of imidazole rings is 1. The van der Waals surface area contributed by atoms with Gasteiger partial charge in [-0.15, -0.1) is 0 Å². The van der Waals surface area contributed by atoms with Crippen LogP contribution in [-0.4, -0.2) is 40.3 Å². The van der Waals surface area contributed by atoms with E-state index in [1.807, 2.05) is 32.0 Å². The standard InChI is InChI=1S/C22H28FN5O/c1-3-24-22(26-15-21(29)17-9-4-5-10-18(17)23)25-13-8-14-28-16(2)27-19-11-6-7-12-20(19)28/h4-7,9-12,21,29H,3,8,13-15H2,1-2H3,(H2,24,25,26). The number of hydrogen-bond donors (Lipinski definition) is 3. The molecule has 7 heteroatoms. The lowest BCUT2D eigenvalue weighted by Gasteiger charge is -2.14. The third-order valence-corrected chi connectivity index (χ3v) is 4.73. The fraction of sp³-hybridized carbons (Fsp3) is 0.364. The summed E-state index contributed by atoms with van der Waals surface area (Å²) in [6.45, 7) is 6.34. The summed E-state index contributed by atoms with van der Waals surface area (Å²) in [5.74, 6) is 1.19. The van der Waals surface area contributed by atoms with Crippen LogP contribution >= 0.6 is 0 Å². The number of aromatic nitrogens is 2. The average Bonchev–Trinajstić information content (AvgIpc) is 3.04. The Balaban J connectivity index is 1.54. The monoisotopic (exact) mass is 397 g/mol. The zero-order chi connectivity index (χ0) is 20.6. The van der Waals surface area contributed by atoms with Gasteiger partial charge in [0.05, 0.1) is 17.6 Å². The second-order valence-corrected chi connectivity index (χ2v) is 6.84. The maximum Gasteiger partial charge on any atom is 0.191 e. The van der Waals surface area contributed by atoms with Crippen LogP contribution in [0.3, 0.4) is 0 Å². The van der Waals surface area contributed by atoms with E-state index < -0.39 is 11.9 Å². The summed E-state index contributed by atoms with van der Waals surface area (Å²) in [6.07, 6.45) is -0.0896. The molecule has 0 spiro atoms. The van der Waals surface area contributed by atoms with Crippen molar-refractivity contribution in [1.29, 1.82) is 0 Å². The summed E-state index contributed by atoms with van der Waals surface area (Å²) in [6, 6.07) is 14.3. The van der Waals surface area contributed by atoms with E-state index in [4.69, 9.17) is 0 Å². The highest BCUT2D eigenvalue weighted by molar-refractivity contribution is 5.79. The summed E-state index contributed by atoms with van der Waals surface area (Å²) in [5.41, 5.74) is 2.41. The highest BCUT2D eigenvalue weighted by Crippen LogP contribution is 2.17. The first-order valence-electron chi connectivity index (χ1n) is 9.96. The summed E-state index contributed by atoms with van der Waals surface area (Å²) in [5, 5.41) is 16.7. The van der Waals surface area contributed by atoms with Gasteiger partial charge in [0.15, 0.2) is 5.96 Å². The molecule has 3 aromatic rings. The molecule has 1 unspecified atom stereocenters. The van der Waals surface area contributed by atoms with Gasteiger partial charge < -0.3 is 20.3 Å². The molecule has 1 aromatic heterocycles. The van der Waals surface area contributed by atoms with Gasteiger partial charge in [0.1, 0.15) is 17.7 Å². The van der Waals surface area contributed by atoms with Gasteiger partial charge >= 0.3 is 0 Å². The number of hydrogen-bond acceptors (Lipinski definition) is 3. The minimum atomic E-state index is -0.980. The SMILES string of the molecule is CCNC(=NCC(O)c1ccccc1F)NCCCn1c(C)nc2ccccc21. The number of halogens is 1. The van der Waals surface area contributed by atoms with Crippen molar-refractivity contribution in [1.82, 2.24) is 20.2 Å². The first-order valence-corrected chi connectivity index (χ1v) is 9.96. The van der Waals surface area contributed by atoms with Crippen LogP contribution in [0.5, 0.6) is 0 Å². The van der Waals surface area contributed by atoms with E-state index in [-0.39, 0.29) is 12.1 Å². The van der Waals surface area contributed by atoms with Crippen molar-refractivity contribution in [3.63, 3.8) is 0 Å². The molecule has 0 aliphatic carbocycles. The number of fused-ring (bicyclic) bond motifs is 1. The quantitative estimate of drug-likeness (QED) is 0.310. The molecule has 3 N–H and O–H groups in total. The third kappa shape index (κ3) is 5.32. The van der Waals surface area contributed by atoms with E-state index >= 15 is 0 Å². The Kier molecular flexibility index (Phi) is 7.19. The third-order valence-electron chi connectivity index (χ3n) is 4.73. The molecule has 3 rings (SSSR count). The zero-order valence-corrected chi connectivity index (χ0v) is 16.9. The zero-order valence-electron chi connectivity index (χ0n) is 16.9. The molecular formula is C22H28FN5O. The predicted octanol–water partition coefficient (Wildman–Crippen LogP) is 3.16. The summed E-state index contributed by atoms with van der Waals surface area (Å²) < 4.78 is 16.0. The van der Waals surface area contributed by atoms with Gasteiger partial charge in [-0.3, -0.25) is 4.99 Å². The minimum absolute atomic E-state index is 0.0849. The van der Waals surface area contributed by atoms with Crippen LogP contribution in [0, 0.1) is 12.7 Å². The Bertz CT molecular complexity index is 969. The molecule has 29 heavy (non-hydrogen) atoms. The van der Waals surface area contributed by atoms with Crippen molar-refractivity contribution < 1.29 is 9.50 Å². The molecule has 0 fully saturated rings. The highest BCUT2D eigenvalue weighted by Gasteiger charge is 2.12. The summed E-state index contributed by atoms with van der Waals surface area (Å²) >= 11 is 0. The van der Waals surface area contributed by atoms with Crippen molar-refractivity contribution in [2.75, 3.05) is 19.6 Å². The number of rotatable bonds is 8. The van der Waals surface area contributed by atoms with Crippen LogP contribution in [0.4, 0.5) is 4.39 Å². The first kappa shape index (κ1) is 20.8. The number of nitrogens with one attached hydrogen (secondary N) is 2. The van der Waals surface area contributed by atoms with Crippen molar-refractivity contribution in [3.05, 3.63) is 65.7 Å². The van der Waals surface area contributed by atoms with Crippen molar-refractivity contribution in [2.45, 2.75) is 32.9 Å². The van der Waals surface area contributed by atoms with E-state index in [0.717, 1.165) is 29.8 Å². The maximum atomic E-state index is 13.8. The van der Waals surface area contributed by atoms with Gasteiger partial charge in [-0.2, -0.15) is 0 Å². The van der Waals surface area contributed by atoms with Crippen molar-refractivity contribution in [3.8, 4) is 0 Å². The van der Waals surface area contributed by atoms with Gasteiger partial charge in [0, 0.05) is 25.2 Å². The molecule has 0 amide bonds. The van der Waals surface area contributed by atoms with Gasteiger partial charge in [0.2, 0.25) is 0 Å². The molecule has 2 aromatic carbocycles. The number of aliphatic imine (C=N–C) groups is 1. The Morgan fingerprint density at radius 3 is 2.72 bits per heavy atom. The molecule has 6 nitrogen and oxygen atoms in total. The Labute approximate surface area is 170 Å². The summed E-state index contributed by atoms with van der Waals surface area (Å²) in [4.78, 5) is 8.98. The average molecular weight is 397 g/mol. The normalized spacial score (nSPS) is 12.9. The molecule has 1 heterocycles. The second kappa shape index (κ2) is 10.0. The fourth-order valence-electron chi connectivity index (χ4n) is 3.29. The van der Waals surface area contributed by atoms with Gasteiger partial charge in [-0.25, -0.2) is 9.37 Å². The molecule has 0 aliphatic rings. The molecule has 0 aliphatic heterocycles. The number of benzene rings is 2. The van der Waals surface area contributed by atoms with E-state index in [1.54, 1.807) is 18.2 Å². The van der Waals surface area contributed by atoms with Crippen molar-refractivity contribution in [2.24, 2.45) is 4.99 Å². The predicted molar refractivity (Wildman–Crippen MR) is 114 cm³/mol. The molecular weight excluding hydrogens is 369 g/mol. The molecule has 1 atom stereocenters. The van der Waals surface area contributed by atoms with Crippen LogP contribution in [0.15, 0.2) is 53.5 Å².